The van der Waals surface area contributed by atoms with Crippen LogP contribution >= 0.6 is 0 Å². The number of para-hydroxylation sites is 1. The molecule has 2 heterocycles. The molecule has 2 unspecified atom stereocenters. The number of aliphatic hydroxyl groups is 1. The van der Waals surface area contributed by atoms with Crippen molar-refractivity contribution in [1.82, 2.24) is 9.80 Å². The normalized spacial score (nSPS) is 25.1. The lowest BCUT2D eigenvalue weighted by atomic mass is 10.0. The van der Waals surface area contributed by atoms with E-state index in [4.69, 9.17) is 4.74 Å². The van der Waals surface area contributed by atoms with Crippen LogP contribution in [0.15, 0.2) is 30.3 Å². The zero-order chi connectivity index (χ0) is 16.6. The van der Waals surface area contributed by atoms with E-state index in [-0.39, 0.29) is 0 Å². The maximum absolute atomic E-state index is 10.3. The third-order valence-electron chi connectivity index (χ3n) is 5.29. The molecule has 2 fully saturated rings. The summed E-state index contributed by atoms with van der Waals surface area (Å²) in [4.78, 5) is 5.13. The predicted molar refractivity (Wildman–Crippen MR) is 97.4 cm³/mol. The van der Waals surface area contributed by atoms with Gasteiger partial charge in [0, 0.05) is 19.1 Å². The number of aliphatic hydroxyl groups excluding tert-OH is 1. The summed E-state index contributed by atoms with van der Waals surface area (Å²) in [5.41, 5.74) is 0. The van der Waals surface area contributed by atoms with Crippen LogP contribution in [0, 0.1) is 0 Å². The van der Waals surface area contributed by atoms with E-state index in [2.05, 4.69) is 9.80 Å². The Labute approximate surface area is 146 Å². The topological polar surface area (TPSA) is 35.9 Å². The summed E-state index contributed by atoms with van der Waals surface area (Å²) in [5, 5.41) is 10.3. The Morgan fingerprint density at radius 2 is 1.75 bits per heavy atom. The number of hydrogen-bond donors (Lipinski definition) is 1. The SMILES string of the molecule is OC(COc1ccccc1)CN1CCCC(N2CCCCCC2)C1. The minimum atomic E-state index is -0.423. The van der Waals surface area contributed by atoms with Crippen molar-refractivity contribution in [3.8, 4) is 5.75 Å². The fraction of sp³-hybridized carbons (Fsp3) is 0.700. The molecule has 2 aliphatic rings. The van der Waals surface area contributed by atoms with Gasteiger partial charge in [0.1, 0.15) is 18.5 Å². The van der Waals surface area contributed by atoms with E-state index < -0.39 is 6.10 Å². The molecule has 0 aromatic heterocycles. The first-order valence-corrected chi connectivity index (χ1v) is 9.63. The minimum Gasteiger partial charge on any atom is -0.491 e. The van der Waals surface area contributed by atoms with Gasteiger partial charge in [0.15, 0.2) is 0 Å². The minimum absolute atomic E-state index is 0.370. The van der Waals surface area contributed by atoms with Crippen LogP contribution < -0.4 is 4.74 Å². The Morgan fingerprint density at radius 3 is 2.50 bits per heavy atom. The molecule has 2 atom stereocenters. The van der Waals surface area contributed by atoms with E-state index in [1.807, 2.05) is 30.3 Å². The fourth-order valence-electron chi connectivity index (χ4n) is 4.02. The summed E-state index contributed by atoms with van der Waals surface area (Å²) in [5.74, 6) is 0.831. The van der Waals surface area contributed by atoms with Gasteiger partial charge in [0.2, 0.25) is 0 Å². The molecule has 1 aromatic rings. The molecule has 134 valence electrons. The number of hydrogen-bond acceptors (Lipinski definition) is 4. The molecule has 0 radical (unpaired) electrons. The van der Waals surface area contributed by atoms with E-state index in [1.54, 1.807) is 0 Å². The third-order valence-corrected chi connectivity index (χ3v) is 5.29. The highest BCUT2D eigenvalue weighted by Gasteiger charge is 2.26. The van der Waals surface area contributed by atoms with Gasteiger partial charge < -0.3 is 9.84 Å². The van der Waals surface area contributed by atoms with E-state index in [0.29, 0.717) is 12.6 Å². The van der Waals surface area contributed by atoms with Crippen molar-refractivity contribution in [3.05, 3.63) is 30.3 Å². The summed E-state index contributed by atoms with van der Waals surface area (Å²) >= 11 is 0. The number of piperidine rings is 1. The predicted octanol–water partition coefficient (Wildman–Crippen LogP) is 2.77. The first-order chi connectivity index (χ1) is 11.8. The molecule has 0 aliphatic carbocycles. The molecule has 4 heteroatoms. The van der Waals surface area contributed by atoms with Gasteiger partial charge in [-0.1, -0.05) is 31.0 Å². The van der Waals surface area contributed by atoms with Gasteiger partial charge in [0.05, 0.1) is 0 Å². The van der Waals surface area contributed by atoms with Crippen molar-refractivity contribution in [2.75, 3.05) is 39.3 Å². The maximum Gasteiger partial charge on any atom is 0.119 e. The quantitative estimate of drug-likeness (QED) is 0.869. The molecule has 3 rings (SSSR count). The van der Waals surface area contributed by atoms with E-state index in [1.165, 1.54) is 51.6 Å². The summed E-state index contributed by atoms with van der Waals surface area (Å²) in [7, 11) is 0. The third kappa shape index (κ3) is 5.47. The Hall–Kier alpha value is -1.10. The van der Waals surface area contributed by atoms with Crippen molar-refractivity contribution in [3.63, 3.8) is 0 Å². The van der Waals surface area contributed by atoms with Crippen molar-refractivity contribution in [2.45, 2.75) is 50.7 Å². The van der Waals surface area contributed by atoms with Gasteiger partial charge in [-0.25, -0.2) is 0 Å². The zero-order valence-electron chi connectivity index (χ0n) is 14.8. The second-order valence-corrected chi connectivity index (χ2v) is 7.28. The Morgan fingerprint density at radius 1 is 1.00 bits per heavy atom. The molecule has 0 spiro atoms. The van der Waals surface area contributed by atoms with Crippen LogP contribution in [0.4, 0.5) is 0 Å². The lowest BCUT2D eigenvalue weighted by molar-refractivity contribution is 0.0377. The van der Waals surface area contributed by atoms with Crippen LogP contribution in [0.5, 0.6) is 5.75 Å². The number of likely N-dealkylation sites (tertiary alicyclic amines) is 2. The first-order valence-electron chi connectivity index (χ1n) is 9.63. The number of β-amino-alcohol motifs (C(OH)–C–C–N with tert-alkyl or cyclic N) is 1. The monoisotopic (exact) mass is 332 g/mol. The van der Waals surface area contributed by atoms with Gasteiger partial charge in [0.25, 0.3) is 0 Å². The van der Waals surface area contributed by atoms with Gasteiger partial charge in [-0.3, -0.25) is 9.80 Å². The molecule has 1 aromatic carbocycles. The van der Waals surface area contributed by atoms with E-state index in [0.717, 1.165) is 25.4 Å². The largest absolute Gasteiger partial charge is 0.491 e. The molecule has 4 nitrogen and oxygen atoms in total. The number of nitrogens with zero attached hydrogens (tertiary/aromatic N) is 2. The molecular weight excluding hydrogens is 300 g/mol. The standard InChI is InChI=1S/C20H32N2O2/c23-19(17-24-20-10-4-3-5-11-20)16-21-12-8-9-18(15-21)22-13-6-1-2-7-14-22/h3-5,10-11,18-19,23H,1-2,6-9,12-17H2. The average molecular weight is 332 g/mol. The van der Waals surface area contributed by atoms with Crippen molar-refractivity contribution in [1.29, 1.82) is 0 Å². The summed E-state index contributed by atoms with van der Waals surface area (Å²) in [6.45, 7) is 5.82. The van der Waals surface area contributed by atoms with Crippen LogP contribution in [0.3, 0.4) is 0 Å². The highest BCUT2D eigenvalue weighted by molar-refractivity contribution is 5.20. The zero-order valence-corrected chi connectivity index (χ0v) is 14.8. The Bertz CT molecular complexity index is 460. The van der Waals surface area contributed by atoms with Gasteiger partial charge in [-0.05, 0) is 57.5 Å². The van der Waals surface area contributed by atoms with Crippen LogP contribution in [-0.2, 0) is 0 Å². The molecule has 1 N–H and O–H groups in total. The first kappa shape index (κ1) is 17.7. The Kier molecular flexibility index (Phi) is 6.94. The smallest absolute Gasteiger partial charge is 0.119 e. The van der Waals surface area contributed by atoms with Gasteiger partial charge >= 0.3 is 0 Å². The number of rotatable bonds is 6. The van der Waals surface area contributed by atoms with E-state index in [9.17, 15) is 5.11 Å². The van der Waals surface area contributed by atoms with Crippen LogP contribution in [-0.4, -0.2) is 66.4 Å². The number of benzene rings is 1. The summed E-state index contributed by atoms with van der Waals surface area (Å²) < 4.78 is 5.68. The van der Waals surface area contributed by atoms with Gasteiger partial charge in [-0.2, -0.15) is 0 Å². The van der Waals surface area contributed by atoms with Crippen LogP contribution in [0.2, 0.25) is 0 Å². The number of ether oxygens (including phenoxy) is 1. The molecule has 0 bridgehead atoms. The fourth-order valence-corrected chi connectivity index (χ4v) is 4.02. The lowest BCUT2D eigenvalue weighted by Gasteiger charge is -2.39. The Balaban J connectivity index is 1.42. The van der Waals surface area contributed by atoms with Crippen molar-refractivity contribution < 1.29 is 9.84 Å². The van der Waals surface area contributed by atoms with Gasteiger partial charge in [-0.15, -0.1) is 0 Å². The van der Waals surface area contributed by atoms with Crippen LogP contribution in [0.1, 0.15) is 38.5 Å². The van der Waals surface area contributed by atoms with Crippen LogP contribution in [0.25, 0.3) is 0 Å². The summed E-state index contributed by atoms with van der Waals surface area (Å²) in [6, 6.07) is 10.4. The second kappa shape index (κ2) is 9.40. The average Bonchev–Trinajstić information content (AvgIpc) is 2.91. The summed E-state index contributed by atoms with van der Waals surface area (Å²) in [6.07, 6.45) is 7.62. The highest BCUT2D eigenvalue weighted by atomic mass is 16.5. The molecule has 0 saturated carbocycles. The maximum atomic E-state index is 10.3. The lowest BCUT2D eigenvalue weighted by Crippen LogP contribution is -2.50. The van der Waals surface area contributed by atoms with E-state index >= 15 is 0 Å². The molecule has 24 heavy (non-hydrogen) atoms. The molecular formula is C20H32N2O2. The second-order valence-electron chi connectivity index (χ2n) is 7.28. The molecule has 2 saturated heterocycles. The van der Waals surface area contributed by atoms with Crippen molar-refractivity contribution in [2.24, 2.45) is 0 Å². The van der Waals surface area contributed by atoms with Crippen molar-refractivity contribution >= 4 is 0 Å². The molecule has 2 aliphatic heterocycles. The molecule has 0 amide bonds. The highest BCUT2D eigenvalue weighted by Crippen LogP contribution is 2.20.